The molecular formula is C20H15Cl2NO5. The largest absolute Gasteiger partial charge is 0.481 e. The van der Waals surface area contributed by atoms with Crippen LogP contribution in [-0.2, 0) is 17.8 Å². The van der Waals surface area contributed by atoms with E-state index in [1.165, 1.54) is 6.07 Å². The number of halogens is 2. The van der Waals surface area contributed by atoms with Gasteiger partial charge in [0.2, 0.25) is 5.43 Å². The van der Waals surface area contributed by atoms with Crippen molar-refractivity contribution in [2.24, 2.45) is 0 Å². The Kier molecular flexibility index (Phi) is 5.72. The van der Waals surface area contributed by atoms with E-state index in [4.69, 9.17) is 28.3 Å². The average Bonchev–Trinajstić information content (AvgIpc) is 2.64. The Morgan fingerprint density at radius 1 is 1.00 bits per heavy atom. The first-order valence-corrected chi connectivity index (χ1v) is 9.09. The SMILES string of the molecule is O=C(O)CCn1c(Cc2cccc(Cl)c2Cl)c(C(=O)O)c(=O)c2ccccc21. The fraction of sp³-hybridized carbons (Fsp3) is 0.150. The van der Waals surface area contributed by atoms with Crippen LogP contribution >= 0.6 is 23.2 Å². The predicted molar refractivity (Wildman–Crippen MR) is 107 cm³/mol. The lowest BCUT2D eigenvalue weighted by molar-refractivity contribution is -0.137. The number of hydrogen-bond donors (Lipinski definition) is 2. The fourth-order valence-corrected chi connectivity index (χ4v) is 3.57. The number of aromatic nitrogens is 1. The molecule has 6 nitrogen and oxygen atoms in total. The van der Waals surface area contributed by atoms with Gasteiger partial charge in [-0.3, -0.25) is 9.59 Å². The van der Waals surface area contributed by atoms with Crippen LogP contribution in [0.2, 0.25) is 10.0 Å². The van der Waals surface area contributed by atoms with Gasteiger partial charge in [0.05, 0.1) is 22.0 Å². The van der Waals surface area contributed by atoms with Gasteiger partial charge in [0.25, 0.3) is 0 Å². The van der Waals surface area contributed by atoms with Crippen molar-refractivity contribution >= 4 is 46.0 Å². The molecule has 2 N–H and O–H groups in total. The van der Waals surface area contributed by atoms with E-state index < -0.39 is 22.9 Å². The summed E-state index contributed by atoms with van der Waals surface area (Å²) in [6.07, 6.45) is -0.219. The minimum absolute atomic E-state index is 0.00389. The standard InChI is InChI=1S/C20H15Cl2NO5/c21-13-6-3-4-11(18(13)22)10-15-17(20(27)28)19(26)12-5-1-2-7-14(12)23(15)9-8-16(24)25/h1-7H,8-10H2,(H,24,25)(H,27,28). The molecule has 0 saturated heterocycles. The summed E-state index contributed by atoms with van der Waals surface area (Å²) < 4.78 is 1.56. The molecule has 3 aromatic rings. The topological polar surface area (TPSA) is 96.6 Å². The predicted octanol–water partition coefficient (Wildman–Crippen LogP) is 4.07. The number of pyridine rings is 1. The third-order valence-corrected chi connectivity index (χ3v) is 5.29. The Hall–Kier alpha value is -2.83. The van der Waals surface area contributed by atoms with Crippen molar-refractivity contribution in [1.29, 1.82) is 0 Å². The molecular weight excluding hydrogens is 405 g/mol. The van der Waals surface area contributed by atoms with Crippen LogP contribution in [0.4, 0.5) is 0 Å². The number of benzene rings is 2. The zero-order chi connectivity index (χ0) is 20.4. The van der Waals surface area contributed by atoms with E-state index in [2.05, 4.69) is 0 Å². The normalized spacial score (nSPS) is 10.9. The summed E-state index contributed by atoms with van der Waals surface area (Å²) in [5.74, 6) is -2.42. The molecule has 0 bridgehead atoms. The highest BCUT2D eigenvalue weighted by molar-refractivity contribution is 6.42. The molecule has 0 radical (unpaired) electrons. The monoisotopic (exact) mass is 419 g/mol. The van der Waals surface area contributed by atoms with Gasteiger partial charge in [-0.05, 0) is 23.8 Å². The smallest absolute Gasteiger partial charge is 0.341 e. The number of carbonyl (C=O) groups is 2. The zero-order valence-corrected chi connectivity index (χ0v) is 16.0. The number of para-hydroxylation sites is 1. The summed E-state index contributed by atoms with van der Waals surface area (Å²) in [5.41, 5.74) is 0.159. The Bertz CT molecular complexity index is 1150. The van der Waals surface area contributed by atoms with Crippen LogP contribution in [0, 0.1) is 0 Å². The van der Waals surface area contributed by atoms with Crippen molar-refractivity contribution in [3.63, 3.8) is 0 Å². The van der Waals surface area contributed by atoms with Gasteiger partial charge in [0.1, 0.15) is 5.56 Å². The molecule has 0 saturated carbocycles. The van der Waals surface area contributed by atoms with Gasteiger partial charge in [0.15, 0.2) is 0 Å². The van der Waals surface area contributed by atoms with Crippen molar-refractivity contribution in [2.45, 2.75) is 19.4 Å². The second-order valence-electron chi connectivity index (χ2n) is 6.16. The molecule has 0 amide bonds. The van der Waals surface area contributed by atoms with Crippen LogP contribution < -0.4 is 5.43 Å². The van der Waals surface area contributed by atoms with Crippen LogP contribution in [0.1, 0.15) is 28.0 Å². The average molecular weight is 420 g/mol. The van der Waals surface area contributed by atoms with E-state index in [1.54, 1.807) is 41.0 Å². The third kappa shape index (κ3) is 3.74. The number of fused-ring (bicyclic) bond motifs is 1. The molecule has 1 heterocycles. The van der Waals surface area contributed by atoms with E-state index >= 15 is 0 Å². The van der Waals surface area contributed by atoms with Gasteiger partial charge in [-0.15, -0.1) is 0 Å². The molecule has 0 aliphatic rings. The summed E-state index contributed by atoms with van der Waals surface area (Å²) in [6, 6.07) is 11.5. The molecule has 0 spiro atoms. The fourth-order valence-electron chi connectivity index (χ4n) is 3.18. The van der Waals surface area contributed by atoms with Gasteiger partial charge >= 0.3 is 11.9 Å². The van der Waals surface area contributed by atoms with Crippen LogP contribution in [0.3, 0.4) is 0 Å². The Morgan fingerprint density at radius 3 is 2.39 bits per heavy atom. The number of hydrogen-bond acceptors (Lipinski definition) is 3. The molecule has 0 aliphatic heterocycles. The quantitative estimate of drug-likeness (QED) is 0.627. The molecule has 0 aliphatic carbocycles. The second-order valence-corrected chi connectivity index (χ2v) is 6.94. The van der Waals surface area contributed by atoms with Crippen LogP contribution in [0.25, 0.3) is 10.9 Å². The van der Waals surface area contributed by atoms with Crippen LogP contribution in [-0.4, -0.2) is 26.7 Å². The van der Waals surface area contributed by atoms with Crippen LogP contribution in [0.15, 0.2) is 47.3 Å². The third-order valence-electron chi connectivity index (χ3n) is 4.43. The van der Waals surface area contributed by atoms with Crippen LogP contribution in [0.5, 0.6) is 0 Å². The molecule has 0 unspecified atom stereocenters. The first-order chi connectivity index (χ1) is 13.3. The van der Waals surface area contributed by atoms with Crippen molar-refractivity contribution in [2.75, 3.05) is 0 Å². The second kappa shape index (κ2) is 8.04. The Labute approximate surface area is 169 Å². The highest BCUT2D eigenvalue weighted by Crippen LogP contribution is 2.29. The molecule has 8 heteroatoms. The molecule has 0 fully saturated rings. The minimum atomic E-state index is -1.38. The number of aliphatic carboxylic acids is 1. The summed E-state index contributed by atoms with van der Waals surface area (Å²) in [5, 5.41) is 19.6. The number of aromatic carboxylic acids is 1. The maximum Gasteiger partial charge on any atom is 0.341 e. The molecule has 2 aromatic carbocycles. The lowest BCUT2D eigenvalue weighted by Gasteiger charge is -2.19. The highest BCUT2D eigenvalue weighted by atomic mass is 35.5. The van der Waals surface area contributed by atoms with Gasteiger partial charge in [-0.1, -0.05) is 47.5 Å². The van der Waals surface area contributed by atoms with Crippen molar-refractivity contribution in [3.05, 3.63) is 79.6 Å². The van der Waals surface area contributed by atoms with Gasteiger partial charge in [0, 0.05) is 24.0 Å². The van der Waals surface area contributed by atoms with E-state index in [1.807, 2.05) is 0 Å². The van der Waals surface area contributed by atoms with Gasteiger partial charge < -0.3 is 14.8 Å². The van der Waals surface area contributed by atoms with Crippen molar-refractivity contribution < 1.29 is 19.8 Å². The number of carboxylic acid groups (broad SMARTS) is 2. The molecule has 1 aromatic heterocycles. The van der Waals surface area contributed by atoms with Gasteiger partial charge in [-0.25, -0.2) is 4.79 Å². The number of aryl methyl sites for hydroxylation is 1. The first-order valence-electron chi connectivity index (χ1n) is 8.33. The lowest BCUT2D eigenvalue weighted by Crippen LogP contribution is -2.25. The Balaban J connectivity index is 2.34. The molecule has 28 heavy (non-hydrogen) atoms. The molecule has 3 rings (SSSR count). The summed E-state index contributed by atoms with van der Waals surface area (Å²) >= 11 is 12.3. The van der Waals surface area contributed by atoms with E-state index in [0.29, 0.717) is 16.1 Å². The van der Waals surface area contributed by atoms with E-state index in [9.17, 15) is 19.5 Å². The van der Waals surface area contributed by atoms with E-state index in [-0.39, 0.29) is 35.5 Å². The maximum atomic E-state index is 12.9. The summed E-state index contributed by atoms with van der Waals surface area (Å²) in [7, 11) is 0. The minimum Gasteiger partial charge on any atom is -0.481 e. The maximum absolute atomic E-state index is 12.9. The summed E-state index contributed by atoms with van der Waals surface area (Å²) in [6.45, 7) is 0.00389. The highest BCUT2D eigenvalue weighted by Gasteiger charge is 2.23. The molecule has 0 atom stereocenters. The number of nitrogens with zero attached hydrogens (tertiary/aromatic N) is 1. The number of carboxylic acids is 2. The van der Waals surface area contributed by atoms with E-state index in [0.717, 1.165) is 0 Å². The summed E-state index contributed by atoms with van der Waals surface area (Å²) in [4.78, 5) is 35.9. The Morgan fingerprint density at radius 2 is 1.71 bits per heavy atom. The molecule has 144 valence electrons. The van der Waals surface area contributed by atoms with Crippen molar-refractivity contribution in [3.8, 4) is 0 Å². The van der Waals surface area contributed by atoms with Crippen molar-refractivity contribution in [1.82, 2.24) is 4.57 Å². The van der Waals surface area contributed by atoms with Gasteiger partial charge in [-0.2, -0.15) is 0 Å². The number of rotatable bonds is 6. The first kappa shape index (κ1) is 19.9. The zero-order valence-electron chi connectivity index (χ0n) is 14.5. The lowest BCUT2D eigenvalue weighted by atomic mass is 10.0.